The van der Waals surface area contributed by atoms with Crippen LogP contribution in [0.1, 0.15) is 21.7 Å². The number of benzene rings is 3. The molecule has 0 radical (unpaired) electrons. The number of rotatable bonds is 9. The molecule has 0 aliphatic rings. The fourth-order valence-corrected chi connectivity index (χ4v) is 5.63. The molecule has 0 saturated heterocycles. The highest BCUT2D eigenvalue weighted by atomic mass is 79.9. The molecular formula is C29H24BrF2N3O4S2. The second kappa shape index (κ2) is 14.2. The van der Waals surface area contributed by atoms with E-state index in [1.165, 1.54) is 11.3 Å². The predicted molar refractivity (Wildman–Crippen MR) is 160 cm³/mol. The molecule has 2 N–H and O–H groups in total. The van der Waals surface area contributed by atoms with E-state index in [0.29, 0.717) is 5.69 Å². The number of thiazole rings is 2. The van der Waals surface area contributed by atoms with Crippen LogP contribution in [-0.2, 0) is 11.9 Å². The number of amides is 1. The number of nitrogens with zero attached hydrogens (tertiary/aromatic N) is 2. The minimum Gasteiger partial charge on any atom is -0.497 e. The zero-order valence-electron chi connectivity index (χ0n) is 21.9. The van der Waals surface area contributed by atoms with E-state index in [4.69, 9.17) is 19.9 Å². The van der Waals surface area contributed by atoms with Gasteiger partial charge in [-0.05, 0) is 60.7 Å². The number of alkyl halides is 1. The second-order valence-corrected chi connectivity index (χ2v) is 10.5. The Morgan fingerprint density at radius 1 is 0.829 bits per heavy atom. The van der Waals surface area contributed by atoms with Crippen molar-refractivity contribution >= 4 is 44.5 Å². The molecule has 0 aliphatic heterocycles. The first kappa shape index (κ1) is 30.1. The van der Waals surface area contributed by atoms with Gasteiger partial charge in [0.25, 0.3) is 5.91 Å². The Hall–Kier alpha value is -3.87. The number of carbonyl (C=O) groups excluding carboxylic acids is 1. The number of hydrogen-bond donors (Lipinski definition) is 1. The molecule has 1 amide bonds. The quantitative estimate of drug-likeness (QED) is 0.165. The molecule has 212 valence electrons. The molecule has 0 spiro atoms. The lowest BCUT2D eigenvalue weighted by Crippen LogP contribution is -2.16. The van der Waals surface area contributed by atoms with Crippen LogP contribution in [0.25, 0.3) is 21.1 Å². The Kier molecular flexibility index (Phi) is 10.4. The summed E-state index contributed by atoms with van der Waals surface area (Å²) in [5.74, 6) is -2.00. The Morgan fingerprint density at radius 2 is 1.34 bits per heavy atom. The fraction of sp³-hybridized carbons (Fsp3) is 0.138. The monoisotopic (exact) mass is 659 g/mol. The molecule has 5 rings (SSSR count). The van der Waals surface area contributed by atoms with Gasteiger partial charge in [0.1, 0.15) is 39.5 Å². The van der Waals surface area contributed by atoms with Crippen LogP contribution in [-0.4, -0.2) is 30.1 Å². The van der Waals surface area contributed by atoms with Crippen molar-refractivity contribution < 1.29 is 27.8 Å². The number of ether oxygens (including phenoxy) is 3. The average molecular weight is 661 g/mol. The summed E-state index contributed by atoms with van der Waals surface area (Å²) in [4.78, 5) is 20.0. The van der Waals surface area contributed by atoms with Crippen LogP contribution in [0.15, 0.2) is 71.4 Å². The number of aromatic nitrogens is 2. The number of carbonyl (C=O) groups is 1. The molecule has 0 fully saturated rings. The van der Waals surface area contributed by atoms with Crippen molar-refractivity contribution in [2.45, 2.75) is 11.9 Å². The number of nitrogens with two attached hydrogens (primary N) is 1. The van der Waals surface area contributed by atoms with Crippen molar-refractivity contribution in [2.24, 2.45) is 5.73 Å². The Balaban J connectivity index is 0.000000218. The number of primary amides is 1. The normalized spacial score (nSPS) is 10.5. The summed E-state index contributed by atoms with van der Waals surface area (Å²) in [6.45, 7) is -0.0343. The van der Waals surface area contributed by atoms with Crippen molar-refractivity contribution in [3.05, 3.63) is 100 Å². The maximum Gasteiger partial charge on any atom is 0.254 e. The van der Waals surface area contributed by atoms with Gasteiger partial charge in [0.15, 0.2) is 11.6 Å². The van der Waals surface area contributed by atoms with Crippen LogP contribution in [0.2, 0.25) is 0 Å². The summed E-state index contributed by atoms with van der Waals surface area (Å²) in [5, 5.41) is 6.46. The summed E-state index contributed by atoms with van der Waals surface area (Å²) < 4.78 is 43.2. The highest BCUT2D eigenvalue weighted by Gasteiger charge is 2.19. The maximum atomic E-state index is 14.1. The van der Waals surface area contributed by atoms with Crippen LogP contribution in [0.4, 0.5) is 8.78 Å². The Bertz CT molecular complexity index is 1610. The van der Waals surface area contributed by atoms with E-state index < -0.39 is 23.1 Å². The lowest BCUT2D eigenvalue weighted by atomic mass is 10.1. The topological polar surface area (TPSA) is 96.6 Å². The van der Waals surface area contributed by atoms with Crippen LogP contribution in [0.3, 0.4) is 0 Å². The van der Waals surface area contributed by atoms with E-state index in [2.05, 4.69) is 31.3 Å². The van der Waals surface area contributed by atoms with Gasteiger partial charge in [-0.25, -0.2) is 18.7 Å². The summed E-state index contributed by atoms with van der Waals surface area (Å²) >= 11 is 6.46. The Morgan fingerprint density at radius 3 is 1.80 bits per heavy atom. The first-order chi connectivity index (χ1) is 19.8. The van der Waals surface area contributed by atoms with Gasteiger partial charge >= 0.3 is 0 Å². The van der Waals surface area contributed by atoms with Crippen molar-refractivity contribution in [1.82, 2.24) is 9.97 Å². The maximum absolute atomic E-state index is 14.1. The Labute approximate surface area is 251 Å². The lowest BCUT2D eigenvalue weighted by Gasteiger charge is -2.08. The van der Waals surface area contributed by atoms with Gasteiger partial charge in [-0.1, -0.05) is 15.9 Å². The van der Waals surface area contributed by atoms with E-state index in [1.807, 2.05) is 48.5 Å². The molecular weight excluding hydrogens is 636 g/mol. The van der Waals surface area contributed by atoms with Crippen molar-refractivity contribution in [3.8, 4) is 38.4 Å². The zero-order chi connectivity index (χ0) is 29.4. The molecule has 0 aliphatic carbocycles. The summed E-state index contributed by atoms with van der Waals surface area (Å²) in [6.07, 6.45) is 0. The van der Waals surface area contributed by atoms with Crippen LogP contribution >= 0.6 is 38.6 Å². The van der Waals surface area contributed by atoms with Gasteiger partial charge in [0.05, 0.1) is 25.6 Å². The predicted octanol–water partition coefficient (Wildman–Crippen LogP) is 7.49. The fourth-order valence-electron chi connectivity index (χ4n) is 3.50. The molecule has 0 bridgehead atoms. The van der Waals surface area contributed by atoms with Gasteiger partial charge in [-0.15, -0.1) is 22.7 Å². The van der Waals surface area contributed by atoms with Gasteiger partial charge < -0.3 is 19.9 Å². The molecule has 12 heteroatoms. The summed E-state index contributed by atoms with van der Waals surface area (Å²) in [5.41, 5.74) is 7.86. The first-order valence-electron chi connectivity index (χ1n) is 12.0. The third-order valence-corrected chi connectivity index (χ3v) is 8.05. The highest BCUT2D eigenvalue weighted by Crippen LogP contribution is 2.28. The second-order valence-electron chi connectivity index (χ2n) is 8.27. The average Bonchev–Trinajstić information content (AvgIpc) is 3.67. The molecule has 2 aromatic heterocycles. The van der Waals surface area contributed by atoms with E-state index >= 15 is 0 Å². The molecule has 3 aromatic carbocycles. The minimum absolute atomic E-state index is 0.0343. The highest BCUT2D eigenvalue weighted by molar-refractivity contribution is 9.08. The first-order valence-corrected chi connectivity index (χ1v) is 14.8. The van der Waals surface area contributed by atoms with Crippen molar-refractivity contribution in [2.75, 3.05) is 14.2 Å². The molecule has 2 heterocycles. The number of methoxy groups -OCH3 is 2. The third kappa shape index (κ3) is 7.66. The van der Waals surface area contributed by atoms with Gasteiger partial charge in [0.2, 0.25) is 0 Å². The van der Waals surface area contributed by atoms with Crippen LogP contribution in [0.5, 0.6) is 17.2 Å². The van der Waals surface area contributed by atoms with E-state index in [9.17, 15) is 13.6 Å². The summed E-state index contributed by atoms with van der Waals surface area (Å²) in [6, 6.07) is 17.4. The van der Waals surface area contributed by atoms with E-state index in [-0.39, 0.29) is 12.4 Å². The number of hydrogen-bond acceptors (Lipinski definition) is 8. The molecule has 0 unspecified atom stereocenters. The lowest BCUT2D eigenvalue weighted by molar-refractivity contribution is 0.0991. The van der Waals surface area contributed by atoms with Crippen molar-refractivity contribution in [3.63, 3.8) is 0 Å². The third-order valence-electron chi connectivity index (χ3n) is 5.59. The zero-order valence-corrected chi connectivity index (χ0v) is 25.1. The van der Waals surface area contributed by atoms with Gasteiger partial charge in [0, 0.05) is 27.2 Å². The van der Waals surface area contributed by atoms with Crippen LogP contribution < -0.4 is 19.9 Å². The van der Waals surface area contributed by atoms with E-state index in [1.54, 1.807) is 30.9 Å². The molecule has 41 heavy (non-hydrogen) atoms. The minimum atomic E-state index is -1.19. The number of halogens is 3. The molecule has 7 nitrogen and oxygen atoms in total. The molecule has 5 aromatic rings. The standard InChI is InChI=1S/C18H14F2N2O3S.C11H10BrNOS/c1-24-12-4-2-10(3-5-12)18-22-11(9-26-18)8-25-14-7-6-13(19)15(16(14)20)17(21)23;1-14-10-4-2-8(3-5-10)11-13-9(6-12)7-15-11/h2-7,9H,8H2,1H3,(H2,21,23);2-5,7H,6H2,1H3. The van der Waals surface area contributed by atoms with Gasteiger partial charge in [-0.3, -0.25) is 4.79 Å². The SMILES string of the molecule is COc1ccc(-c2nc(CBr)cs2)cc1.COc1ccc(-c2nc(COc3ccc(F)c(C(N)=O)c3F)cs2)cc1. The summed E-state index contributed by atoms with van der Waals surface area (Å²) in [7, 11) is 3.26. The van der Waals surface area contributed by atoms with Gasteiger partial charge in [-0.2, -0.15) is 0 Å². The molecule has 0 saturated carbocycles. The van der Waals surface area contributed by atoms with Crippen molar-refractivity contribution in [1.29, 1.82) is 0 Å². The smallest absolute Gasteiger partial charge is 0.254 e. The van der Waals surface area contributed by atoms with E-state index in [0.717, 1.165) is 55.8 Å². The molecule has 0 atom stereocenters. The largest absolute Gasteiger partial charge is 0.497 e. The van der Waals surface area contributed by atoms with Crippen LogP contribution in [0, 0.1) is 11.6 Å².